The molecule has 5 nitrogen and oxygen atoms in total. The van der Waals surface area contributed by atoms with Crippen molar-refractivity contribution in [2.45, 2.75) is 13.3 Å². The number of aryl methyl sites for hydroxylation is 1. The topological polar surface area (TPSA) is 53.5 Å². The number of anilines is 1. The van der Waals surface area contributed by atoms with E-state index in [1.807, 2.05) is 18.2 Å². The van der Waals surface area contributed by atoms with Crippen LogP contribution < -0.4 is 4.90 Å². The van der Waals surface area contributed by atoms with Crippen molar-refractivity contribution in [1.82, 2.24) is 9.29 Å². The number of rotatable bonds is 2. The van der Waals surface area contributed by atoms with E-state index in [0.717, 1.165) is 24.3 Å². The van der Waals surface area contributed by atoms with E-state index in [4.69, 9.17) is 4.98 Å². The molecule has 1 saturated heterocycles. The molecule has 0 N–H and O–H groups in total. The van der Waals surface area contributed by atoms with Crippen LogP contribution in [0.2, 0.25) is 0 Å². The summed E-state index contributed by atoms with van der Waals surface area (Å²) in [6.45, 7) is 4.71. The molecule has 1 aliphatic heterocycles. The third kappa shape index (κ3) is 3.08. The van der Waals surface area contributed by atoms with Crippen LogP contribution in [0.25, 0.3) is 10.9 Å². The first-order chi connectivity index (χ1) is 10.4. The average molecular weight is 319 g/mol. The molecule has 1 aromatic heterocycles. The number of hydrogen-bond donors (Lipinski definition) is 0. The molecule has 2 aromatic rings. The van der Waals surface area contributed by atoms with Gasteiger partial charge in [-0.3, -0.25) is 0 Å². The summed E-state index contributed by atoms with van der Waals surface area (Å²) in [5.41, 5.74) is 2.19. The van der Waals surface area contributed by atoms with Crippen LogP contribution >= 0.6 is 0 Å². The van der Waals surface area contributed by atoms with Crippen molar-refractivity contribution in [3.63, 3.8) is 0 Å². The van der Waals surface area contributed by atoms with Gasteiger partial charge in [0.25, 0.3) is 0 Å². The van der Waals surface area contributed by atoms with E-state index in [9.17, 15) is 8.42 Å². The molecule has 3 rings (SSSR count). The Bertz CT molecular complexity index is 789. The highest BCUT2D eigenvalue weighted by molar-refractivity contribution is 7.88. The molecule has 1 aromatic carbocycles. The van der Waals surface area contributed by atoms with Gasteiger partial charge in [-0.15, -0.1) is 0 Å². The fourth-order valence-electron chi connectivity index (χ4n) is 2.95. The summed E-state index contributed by atoms with van der Waals surface area (Å²) in [6, 6.07) is 10.2. The van der Waals surface area contributed by atoms with Gasteiger partial charge in [-0.05, 0) is 31.0 Å². The molecule has 118 valence electrons. The van der Waals surface area contributed by atoms with Crippen LogP contribution in [0.3, 0.4) is 0 Å². The molecule has 0 amide bonds. The van der Waals surface area contributed by atoms with Gasteiger partial charge in [-0.25, -0.2) is 17.7 Å². The zero-order valence-electron chi connectivity index (χ0n) is 13.0. The first-order valence-electron chi connectivity index (χ1n) is 7.51. The second kappa shape index (κ2) is 5.85. The Labute approximate surface area is 131 Å². The van der Waals surface area contributed by atoms with Gasteiger partial charge in [0.1, 0.15) is 5.82 Å². The molecule has 1 fully saturated rings. The van der Waals surface area contributed by atoms with E-state index >= 15 is 0 Å². The van der Waals surface area contributed by atoms with Crippen molar-refractivity contribution < 1.29 is 8.42 Å². The largest absolute Gasteiger partial charge is 0.355 e. The molecule has 1 aliphatic rings. The molecule has 0 radical (unpaired) electrons. The van der Waals surface area contributed by atoms with E-state index in [2.05, 4.69) is 24.0 Å². The van der Waals surface area contributed by atoms with Crippen LogP contribution in [0.5, 0.6) is 0 Å². The fraction of sp³-hybridized carbons (Fsp3) is 0.438. The van der Waals surface area contributed by atoms with Crippen LogP contribution in [-0.2, 0) is 10.0 Å². The Morgan fingerprint density at radius 3 is 2.64 bits per heavy atom. The van der Waals surface area contributed by atoms with E-state index in [1.54, 1.807) is 4.31 Å². The summed E-state index contributed by atoms with van der Waals surface area (Å²) in [4.78, 5) is 6.93. The maximum Gasteiger partial charge on any atom is 0.211 e. The van der Waals surface area contributed by atoms with Crippen molar-refractivity contribution in [2.24, 2.45) is 0 Å². The van der Waals surface area contributed by atoms with Gasteiger partial charge in [0, 0.05) is 31.6 Å². The van der Waals surface area contributed by atoms with Gasteiger partial charge in [0.15, 0.2) is 0 Å². The minimum absolute atomic E-state index is 0.520. The average Bonchev–Trinajstić information content (AvgIpc) is 2.73. The summed E-state index contributed by atoms with van der Waals surface area (Å²) in [5.74, 6) is 0.937. The van der Waals surface area contributed by atoms with Crippen LogP contribution in [0.1, 0.15) is 12.0 Å². The minimum Gasteiger partial charge on any atom is -0.355 e. The molecule has 0 bridgehead atoms. The second-order valence-electron chi connectivity index (χ2n) is 5.82. The lowest BCUT2D eigenvalue weighted by Crippen LogP contribution is -2.34. The number of sulfonamides is 1. The molecule has 0 spiro atoms. The van der Waals surface area contributed by atoms with E-state index in [0.29, 0.717) is 19.6 Å². The summed E-state index contributed by atoms with van der Waals surface area (Å²) >= 11 is 0. The Morgan fingerprint density at radius 1 is 1.09 bits per heavy atom. The molecule has 6 heteroatoms. The molecule has 0 saturated carbocycles. The predicted molar refractivity (Wildman–Crippen MR) is 89.7 cm³/mol. The van der Waals surface area contributed by atoms with Crippen LogP contribution in [0, 0.1) is 6.92 Å². The third-order valence-corrected chi connectivity index (χ3v) is 5.46. The predicted octanol–water partition coefficient (Wildman–Crippen LogP) is 2.01. The smallest absolute Gasteiger partial charge is 0.211 e. The number of aromatic nitrogens is 1. The molecular formula is C16H21N3O2S. The van der Waals surface area contributed by atoms with Gasteiger partial charge in [-0.1, -0.05) is 18.2 Å². The molecule has 0 aliphatic carbocycles. The van der Waals surface area contributed by atoms with E-state index < -0.39 is 10.0 Å². The highest BCUT2D eigenvalue weighted by Gasteiger charge is 2.22. The zero-order valence-corrected chi connectivity index (χ0v) is 13.8. The highest BCUT2D eigenvalue weighted by atomic mass is 32.2. The van der Waals surface area contributed by atoms with Crippen molar-refractivity contribution in [3.8, 4) is 0 Å². The van der Waals surface area contributed by atoms with Crippen molar-refractivity contribution in [1.29, 1.82) is 0 Å². The van der Waals surface area contributed by atoms with Crippen LogP contribution in [0.15, 0.2) is 30.3 Å². The van der Waals surface area contributed by atoms with Gasteiger partial charge in [0.2, 0.25) is 10.0 Å². The second-order valence-corrected chi connectivity index (χ2v) is 7.80. The van der Waals surface area contributed by atoms with Crippen molar-refractivity contribution in [2.75, 3.05) is 37.3 Å². The SMILES string of the molecule is Cc1cc(N2CCCN(S(C)(=O)=O)CC2)nc2ccccc12. The quantitative estimate of drug-likeness (QED) is 0.850. The first kappa shape index (κ1) is 15.2. The first-order valence-corrected chi connectivity index (χ1v) is 9.36. The van der Waals surface area contributed by atoms with Gasteiger partial charge in [0.05, 0.1) is 11.8 Å². The molecule has 0 atom stereocenters. The lowest BCUT2D eigenvalue weighted by Gasteiger charge is -2.23. The van der Waals surface area contributed by atoms with Gasteiger partial charge >= 0.3 is 0 Å². The standard InChI is InChI=1S/C16H21N3O2S/c1-13-12-16(17-15-7-4-3-6-14(13)15)18-8-5-9-19(11-10-18)22(2,20)21/h3-4,6-7,12H,5,8-11H2,1-2H3. The van der Waals surface area contributed by atoms with Crippen LogP contribution in [0.4, 0.5) is 5.82 Å². The number of hydrogen-bond acceptors (Lipinski definition) is 4. The van der Waals surface area contributed by atoms with Crippen molar-refractivity contribution in [3.05, 3.63) is 35.9 Å². The summed E-state index contributed by atoms with van der Waals surface area (Å²) in [6.07, 6.45) is 2.10. The number of para-hydroxylation sites is 1. The van der Waals surface area contributed by atoms with Crippen molar-refractivity contribution >= 4 is 26.7 Å². The lowest BCUT2D eigenvalue weighted by atomic mass is 10.1. The van der Waals surface area contributed by atoms with Gasteiger partial charge in [-0.2, -0.15) is 0 Å². The Kier molecular flexibility index (Phi) is 4.06. The van der Waals surface area contributed by atoms with Crippen LogP contribution in [-0.4, -0.2) is 50.1 Å². The molecule has 0 unspecified atom stereocenters. The molecular weight excluding hydrogens is 298 g/mol. The highest BCUT2D eigenvalue weighted by Crippen LogP contribution is 2.23. The zero-order chi connectivity index (χ0) is 15.7. The molecule has 22 heavy (non-hydrogen) atoms. The number of nitrogens with zero attached hydrogens (tertiary/aromatic N) is 3. The van der Waals surface area contributed by atoms with E-state index in [-0.39, 0.29) is 0 Å². The summed E-state index contributed by atoms with van der Waals surface area (Å²) in [7, 11) is -3.11. The Balaban J connectivity index is 1.88. The number of fused-ring (bicyclic) bond motifs is 1. The summed E-state index contributed by atoms with van der Waals surface area (Å²) < 4.78 is 25.0. The lowest BCUT2D eigenvalue weighted by molar-refractivity contribution is 0.437. The number of pyridine rings is 1. The maximum absolute atomic E-state index is 11.7. The minimum atomic E-state index is -3.11. The maximum atomic E-state index is 11.7. The monoisotopic (exact) mass is 319 g/mol. The van der Waals surface area contributed by atoms with E-state index in [1.165, 1.54) is 17.2 Å². The normalized spacial score (nSPS) is 17.6. The van der Waals surface area contributed by atoms with Gasteiger partial charge < -0.3 is 4.90 Å². The third-order valence-electron chi connectivity index (χ3n) is 4.16. The summed E-state index contributed by atoms with van der Waals surface area (Å²) in [5, 5.41) is 1.17. The molecule has 2 heterocycles. The Hall–Kier alpha value is -1.66. The fourth-order valence-corrected chi connectivity index (χ4v) is 3.82. The number of benzene rings is 1. The Morgan fingerprint density at radius 2 is 1.86 bits per heavy atom.